The van der Waals surface area contributed by atoms with E-state index in [9.17, 15) is 19.2 Å². The molecule has 8 heterocycles. The van der Waals surface area contributed by atoms with E-state index in [-0.39, 0.29) is 39.7 Å². The molecule has 59 heavy (non-hydrogen) atoms. The first kappa shape index (κ1) is 40.1. The minimum atomic E-state index is -0.580. The lowest BCUT2D eigenvalue weighted by Crippen LogP contribution is -2.45. The van der Waals surface area contributed by atoms with Crippen molar-refractivity contribution in [1.82, 2.24) is 54.7 Å². The summed E-state index contributed by atoms with van der Waals surface area (Å²) in [6.07, 6.45) is 12.1. The maximum absolute atomic E-state index is 14.1. The maximum Gasteiger partial charge on any atom is 0.323 e. The van der Waals surface area contributed by atoms with E-state index in [0.29, 0.717) is 47.3 Å². The van der Waals surface area contributed by atoms with Crippen molar-refractivity contribution >= 4 is 69.8 Å². The number of nitrogens with one attached hydrogen (secondary N) is 3. The zero-order chi connectivity index (χ0) is 41.2. The van der Waals surface area contributed by atoms with Crippen molar-refractivity contribution in [3.63, 3.8) is 0 Å². The topological polar surface area (TPSA) is 201 Å². The van der Waals surface area contributed by atoms with E-state index in [2.05, 4.69) is 56.0 Å². The largest absolute Gasteiger partial charge is 0.357 e. The van der Waals surface area contributed by atoms with Crippen molar-refractivity contribution in [3.8, 4) is 5.82 Å². The highest BCUT2D eigenvalue weighted by atomic mass is 35.5. The zero-order valence-electron chi connectivity index (χ0n) is 32.6. The molecule has 1 unspecified atom stereocenters. The third-order valence-corrected chi connectivity index (χ3v) is 12.0. The Hall–Kier alpha value is -5.72. The molecule has 5 amide bonds. The Kier molecular flexibility index (Phi) is 11.7. The number of amides is 5. The van der Waals surface area contributed by atoms with Gasteiger partial charge in [0.25, 0.3) is 0 Å². The lowest BCUT2D eigenvalue weighted by Gasteiger charge is -2.39. The molecule has 3 N–H and O–H groups in total. The molecule has 0 saturated carbocycles. The molecule has 0 aromatic carbocycles. The number of imide groups is 1. The van der Waals surface area contributed by atoms with Crippen LogP contribution in [-0.4, -0.2) is 113 Å². The van der Waals surface area contributed by atoms with Crippen LogP contribution in [0.15, 0.2) is 55.2 Å². The predicted molar refractivity (Wildman–Crippen MR) is 219 cm³/mol. The molecule has 5 aromatic heterocycles. The van der Waals surface area contributed by atoms with Gasteiger partial charge in [0, 0.05) is 51.3 Å². The second kappa shape index (κ2) is 17.2. The molecule has 20 heteroatoms. The molecule has 3 saturated heterocycles. The van der Waals surface area contributed by atoms with Crippen LogP contribution in [-0.2, 0) is 14.4 Å². The molecule has 3 aliphatic rings. The Morgan fingerprint density at radius 2 is 1.69 bits per heavy atom. The quantitative estimate of drug-likeness (QED) is 0.164. The SMILES string of the molecule is C[C@H](c1c(NC(=O)Nc2cnc(-n3nccn3)c(Cl)c2)cnc2cc(Cl)nn12)N(C)C(=O)C1CCN(CC2CCN(c3cc(C4CCC(=O)NC4=O)ccn3)CC2)CC1. The van der Waals surface area contributed by atoms with Gasteiger partial charge in [0.15, 0.2) is 16.6 Å². The fourth-order valence-electron chi connectivity index (χ4n) is 8.25. The van der Waals surface area contributed by atoms with Crippen molar-refractivity contribution in [2.45, 2.75) is 57.4 Å². The van der Waals surface area contributed by atoms with Crippen molar-refractivity contribution in [3.05, 3.63) is 76.7 Å². The highest BCUT2D eigenvalue weighted by molar-refractivity contribution is 6.32. The molecular weight excluding hydrogens is 799 g/mol. The van der Waals surface area contributed by atoms with E-state index in [1.165, 1.54) is 35.7 Å². The summed E-state index contributed by atoms with van der Waals surface area (Å²) in [6.45, 7) is 6.27. The Bertz CT molecular complexity index is 2360. The van der Waals surface area contributed by atoms with E-state index >= 15 is 0 Å². The Morgan fingerprint density at radius 1 is 0.932 bits per heavy atom. The smallest absolute Gasteiger partial charge is 0.323 e. The monoisotopic (exact) mass is 842 g/mol. The third kappa shape index (κ3) is 8.84. The van der Waals surface area contributed by atoms with Crippen LogP contribution in [0, 0.1) is 11.8 Å². The summed E-state index contributed by atoms with van der Waals surface area (Å²) in [5.74, 6) is 0.785. The van der Waals surface area contributed by atoms with Gasteiger partial charge in [0.1, 0.15) is 5.82 Å². The fourth-order valence-corrected chi connectivity index (χ4v) is 8.66. The van der Waals surface area contributed by atoms with Crippen LogP contribution in [0.2, 0.25) is 10.2 Å². The van der Waals surface area contributed by atoms with E-state index in [0.717, 1.165) is 69.8 Å². The molecule has 308 valence electrons. The minimum Gasteiger partial charge on any atom is -0.357 e. The van der Waals surface area contributed by atoms with E-state index in [1.54, 1.807) is 28.7 Å². The number of piperidine rings is 3. The second-order valence-electron chi connectivity index (χ2n) is 15.3. The normalized spacial score (nSPS) is 18.8. The summed E-state index contributed by atoms with van der Waals surface area (Å²) in [5, 5.41) is 21.0. The number of nitrogens with zero attached hydrogens (tertiary/aromatic N) is 11. The second-order valence-corrected chi connectivity index (χ2v) is 16.1. The Labute approximate surface area is 349 Å². The molecule has 2 atom stereocenters. The van der Waals surface area contributed by atoms with Crippen LogP contribution >= 0.6 is 23.2 Å². The average molecular weight is 844 g/mol. The van der Waals surface area contributed by atoms with Crippen molar-refractivity contribution in [1.29, 1.82) is 0 Å². The average Bonchev–Trinajstić information content (AvgIpc) is 3.90. The zero-order valence-corrected chi connectivity index (χ0v) is 34.1. The fraction of sp³-hybridized carbons (Fsp3) is 0.436. The third-order valence-electron chi connectivity index (χ3n) is 11.6. The summed E-state index contributed by atoms with van der Waals surface area (Å²) < 4.78 is 1.55. The molecule has 0 bridgehead atoms. The number of pyridine rings is 2. The number of hydrogen-bond donors (Lipinski definition) is 3. The van der Waals surface area contributed by atoms with Gasteiger partial charge < -0.3 is 25.3 Å². The van der Waals surface area contributed by atoms with E-state index < -0.39 is 12.1 Å². The number of rotatable bonds is 10. The van der Waals surface area contributed by atoms with Gasteiger partial charge in [-0.25, -0.2) is 24.3 Å². The summed E-state index contributed by atoms with van der Waals surface area (Å²) in [5.41, 5.74) is 2.58. The number of anilines is 3. The standard InChI is InChI=1S/C39H44Cl2N14O4/c1-23(35-30(21-43-33-19-31(41)50-54(33)35)48-39(59)47-27-18-29(40)36(44-20-27)55-45-11-12-46-55)51(2)38(58)25-8-13-52(14-9-25)22-24-6-15-53(16-7-24)32-17-26(5-10-42-32)28-3-4-34(56)49-37(28)57/h5,10-12,17-21,23-25,28H,3-4,6-9,13-16,22H2,1-2H3,(H2,47,48,59)(H,49,56,57)/t23-,28?/m1/s1. The Balaban J connectivity index is 0.853. The summed E-state index contributed by atoms with van der Waals surface area (Å²) >= 11 is 12.7. The van der Waals surface area contributed by atoms with Gasteiger partial charge in [0.2, 0.25) is 17.7 Å². The van der Waals surface area contributed by atoms with E-state index in [4.69, 9.17) is 23.2 Å². The van der Waals surface area contributed by atoms with Crippen LogP contribution in [0.25, 0.3) is 11.5 Å². The number of hydrogen-bond acceptors (Lipinski definition) is 12. The summed E-state index contributed by atoms with van der Waals surface area (Å²) in [6, 6.07) is 5.92. The van der Waals surface area contributed by atoms with Crippen LogP contribution in [0.4, 0.5) is 22.0 Å². The molecular formula is C39H44Cl2N14O4. The highest BCUT2D eigenvalue weighted by Gasteiger charge is 2.33. The van der Waals surface area contributed by atoms with Gasteiger partial charge in [-0.1, -0.05) is 23.2 Å². The number of fused-ring (bicyclic) bond motifs is 1. The summed E-state index contributed by atoms with van der Waals surface area (Å²) in [4.78, 5) is 72.5. The molecule has 0 radical (unpaired) electrons. The lowest BCUT2D eigenvalue weighted by molar-refractivity contribution is -0.138. The number of carbonyl (C=O) groups excluding carboxylic acids is 4. The molecule has 0 aliphatic carbocycles. The van der Waals surface area contributed by atoms with Crippen LogP contribution < -0.4 is 20.9 Å². The predicted octanol–water partition coefficient (Wildman–Crippen LogP) is 4.72. The molecule has 3 fully saturated rings. The van der Waals surface area contributed by atoms with Crippen LogP contribution in [0.5, 0.6) is 0 Å². The molecule has 3 aliphatic heterocycles. The maximum atomic E-state index is 14.1. The van der Waals surface area contributed by atoms with Gasteiger partial charge in [-0.2, -0.15) is 15.3 Å². The molecule has 8 rings (SSSR count). The lowest BCUT2D eigenvalue weighted by atomic mass is 9.90. The first-order valence-corrected chi connectivity index (χ1v) is 20.4. The van der Waals surface area contributed by atoms with Crippen molar-refractivity contribution in [2.75, 3.05) is 55.3 Å². The van der Waals surface area contributed by atoms with Gasteiger partial charge in [-0.3, -0.25) is 19.7 Å². The van der Waals surface area contributed by atoms with Gasteiger partial charge >= 0.3 is 6.03 Å². The molecule has 18 nitrogen and oxygen atoms in total. The number of carbonyl (C=O) groups is 4. The van der Waals surface area contributed by atoms with Crippen LogP contribution in [0.3, 0.4) is 0 Å². The van der Waals surface area contributed by atoms with Gasteiger partial charge in [-0.05, 0) is 81.8 Å². The van der Waals surface area contributed by atoms with Crippen molar-refractivity contribution in [2.24, 2.45) is 11.8 Å². The first-order chi connectivity index (χ1) is 28.5. The van der Waals surface area contributed by atoms with Crippen molar-refractivity contribution < 1.29 is 19.2 Å². The number of urea groups is 1. The van der Waals surface area contributed by atoms with Gasteiger partial charge in [-0.15, -0.1) is 4.80 Å². The number of likely N-dealkylation sites (tertiary alicyclic amines) is 1. The number of halogens is 2. The summed E-state index contributed by atoms with van der Waals surface area (Å²) in [7, 11) is 1.77. The first-order valence-electron chi connectivity index (χ1n) is 19.7. The van der Waals surface area contributed by atoms with Crippen LogP contribution in [0.1, 0.15) is 68.7 Å². The highest BCUT2D eigenvalue weighted by Crippen LogP contribution is 2.33. The van der Waals surface area contributed by atoms with Gasteiger partial charge in [0.05, 0.1) is 58.8 Å². The molecule has 5 aromatic rings. The molecule has 0 spiro atoms. The number of aromatic nitrogens is 8. The van der Waals surface area contributed by atoms with E-state index in [1.807, 2.05) is 19.1 Å². The minimum absolute atomic E-state index is 0.0172. The Morgan fingerprint density at radius 3 is 2.42 bits per heavy atom.